The number of esters is 1. The van der Waals surface area contributed by atoms with Gasteiger partial charge in [0.25, 0.3) is 0 Å². The van der Waals surface area contributed by atoms with Crippen LogP contribution in [0, 0.1) is 0 Å². The van der Waals surface area contributed by atoms with E-state index in [4.69, 9.17) is 4.74 Å². The van der Waals surface area contributed by atoms with Gasteiger partial charge >= 0.3 is 5.97 Å². The van der Waals surface area contributed by atoms with Crippen molar-refractivity contribution in [1.29, 1.82) is 0 Å². The van der Waals surface area contributed by atoms with Crippen molar-refractivity contribution in [2.75, 3.05) is 14.2 Å². The van der Waals surface area contributed by atoms with Crippen LogP contribution in [0.5, 0.6) is 0 Å². The van der Waals surface area contributed by atoms with E-state index in [9.17, 15) is 9.59 Å². The first-order valence-electron chi connectivity index (χ1n) is 5.52. The van der Waals surface area contributed by atoms with Crippen molar-refractivity contribution in [3.63, 3.8) is 0 Å². The number of hydrogen-bond acceptors (Lipinski definition) is 4. The molecule has 17 heavy (non-hydrogen) atoms. The summed E-state index contributed by atoms with van der Waals surface area (Å²) >= 11 is 0. The van der Waals surface area contributed by atoms with Crippen molar-refractivity contribution in [3.8, 4) is 0 Å². The summed E-state index contributed by atoms with van der Waals surface area (Å²) in [6.45, 7) is 0. The third-order valence-corrected chi connectivity index (χ3v) is 3.11. The molecule has 2 rings (SSSR count). The Kier molecular flexibility index (Phi) is 3.28. The first-order valence-corrected chi connectivity index (χ1v) is 5.52. The van der Waals surface area contributed by atoms with Gasteiger partial charge in [-0.1, -0.05) is 0 Å². The van der Waals surface area contributed by atoms with Crippen molar-refractivity contribution >= 4 is 5.97 Å². The van der Waals surface area contributed by atoms with Crippen LogP contribution in [0.1, 0.15) is 28.2 Å². The summed E-state index contributed by atoms with van der Waals surface area (Å²) in [6.07, 6.45) is 2.26. The van der Waals surface area contributed by atoms with Crippen molar-refractivity contribution < 1.29 is 14.3 Å². The number of aromatic amines is 1. The highest BCUT2D eigenvalue weighted by molar-refractivity contribution is 5.87. The molecule has 1 aromatic rings. The van der Waals surface area contributed by atoms with E-state index in [2.05, 4.69) is 9.72 Å². The lowest BCUT2D eigenvalue weighted by Crippen LogP contribution is -2.28. The number of fused-ring (bicyclic) bond motifs is 1. The number of methoxy groups -OCH3 is 2. The van der Waals surface area contributed by atoms with E-state index in [1.165, 1.54) is 13.2 Å². The van der Waals surface area contributed by atoms with E-state index in [1.54, 1.807) is 7.11 Å². The topological polar surface area (TPSA) is 68.4 Å². The molecule has 1 N–H and O–H groups in total. The molecule has 0 aromatic carbocycles. The van der Waals surface area contributed by atoms with Gasteiger partial charge in [-0.3, -0.25) is 4.79 Å². The van der Waals surface area contributed by atoms with E-state index in [0.29, 0.717) is 12.8 Å². The fourth-order valence-corrected chi connectivity index (χ4v) is 2.15. The van der Waals surface area contributed by atoms with Crippen LogP contribution in [0.4, 0.5) is 0 Å². The van der Waals surface area contributed by atoms with E-state index in [0.717, 1.165) is 17.7 Å². The molecule has 0 amide bonds. The highest BCUT2D eigenvalue weighted by atomic mass is 16.5. The lowest BCUT2D eigenvalue weighted by molar-refractivity contribution is 0.0591. The fourth-order valence-electron chi connectivity index (χ4n) is 2.15. The number of nitrogens with one attached hydrogen (secondary N) is 1. The molecule has 0 spiro atoms. The molecule has 92 valence electrons. The van der Waals surface area contributed by atoms with Gasteiger partial charge in [-0.25, -0.2) is 4.79 Å². The second kappa shape index (κ2) is 4.71. The minimum absolute atomic E-state index is 0.103. The van der Waals surface area contributed by atoms with E-state index < -0.39 is 5.97 Å². The third-order valence-electron chi connectivity index (χ3n) is 3.11. The van der Waals surface area contributed by atoms with Gasteiger partial charge in [0.15, 0.2) is 5.43 Å². The fraction of sp³-hybridized carbons (Fsp3) is 0.500. The Labute approximate surface area is 98.7 Å². The summed E-state index contributed by atoms with van der Waals surface area (Å²) in [5.41, 5.74) is 1.64. The second-order valence-corrected chi connectivity index (χ2v) is 4.10. The molecule has 1 heterocycles. The molecule has 0 saturated carbocycles. The largest absolute Gasteiger partial charge is 0.464 e. The van der Waals surface area contributed by atoms with Crippen LogP contribution in [-0.4, -0.2) is 31.3 Å². The molecular weight excluding hydrogens is 222 g/mol. The molecular formula is C12H15NO4. The first-order chi connectivity index (χ1) is 8.15. The van der Waals surface area contributed by atoms with E-state index in [1.807, 2.05) is 0 Å². The van der Waals surface area contributed by atoms with Crippen LogP contribution >= 0.6 is 0 Å². The van der Waals surface area contributed by atoms with Gasteiger partial charge in [-0.05, 0) is 12.8 Å². The van der Waals surface area contributed by atoms with Gasteiger partial charge in [-0.2, -0.15) is 0 Å². The SMILES string of the molecule is COC(=O)c1cc(=O)c2c([nH]1)CC(OC)CC2. The maximum atomic E-state index is 11.8. The number of rotatable bonds is 2. The second-order valence-electron chi connectivity index (χ2n) is 4.10. The van der Waals surface area contributed by atoms with Crippen LogP contribution in [0.15, 0.2) is 10.9 Å². The van der Waals surface area contributed by atoms with Crippen molar-refractivity contribution in [2.45, 2.75) is 25.4 Å². The van der Waals surface area contributed by atoms with Crippen LogP contribution in [0.2, 0.25) is 0 Å². The van der Waals surface area contributed by atoms with Gasteiger partial charge in [0.1, 0.15) is 5.69 Å². The number of H-pyrrole nitrogens is 1. The summed E-state index contributed by atoms with van der Waals surface area (Å²) in [5, 5.41) is 0. The molecule has 0 aliphatic heterocycles. The lowest BCUT2D eigenvalue weighted by Gasteiger charge is -2.22. The van der Waals surface area contributed by atoms with Crippen LogP contribution in [-0.2, 0) is 22.3 Å². The van der Waals surface area contributed by atoms with Crippen molar-refractivity contribution in [2.24, 2.45) is 0 Å². The number of aromatic nitrogens is 1. The Morgan fingerprint density at radius 3 is 2.88 bits per heavy atom. The maximum absolute atomic E-state index is 11.8. The number of carbonyl (C=O) groups is 1. The minimum atomic E-state index is -0.524. The van der Waals surface area contributed by atoms with Crippen molar-refractivity contribution in [1.82, 2.24) is 4.98 Å². The third kappa shape index (κ3) is 2.24. The van der Waals surface area contributed by atoms with Crippen molar-refractivity contribution in [3.05, 3.63) is 33.2 Å². The molecule has 1 unspecified atom stereocenters. The first kappa shape index (κ1) is 11.9. The van der Waals surface area contributed by atoms with Crippen LogP contribution in [0.25, 0.3) is 0 Å². The quantitative estimate of drug-likeness (QED) is 0.767. The Morgan fingerprint density at radius 2 is 2.24 bits per heavy atom. The highest BCUT2D eigenvalue weighted by Crippen LogP contribution is 2.19. The molecule has 0 radical (unpaired) electrons. The Bertz CT molecular complexity index is 492. The zero-order valence-electron chi connectivity index (χ0n) is 9.91. The average molecular weight is 237 g/mol. The molecule has 0 fully saturated rings. The summed E-state index contributed by atoms with van der Waals surface area (Å²) in [6, 6.07) is 1.30. The maximum Gasteiger partial charge on any atom is 0.354 e. The van der Waals surface area contributed by atoms with E-state index in [-0.39, 0.29) is 17.2 Å². The van der Waals surface area contributed by atoms with Crippen LogP contribution in [0.3, 0.4) is 0 Å². The number of carbonyl (C=O) groups excluding carboxylic acids is 1. The molecule has 1 aliphatic rings. The molecule has 0 saturated heterocycles. The molecule has 1 aromatic heterocycles. The summed E-state index contributed by atoms with van der Waals surface area (Å²) < 4.78 is 9.87. The van der Waals surface area contributed by atoms with E-state index >= 15 is 0 Å². The van der Waals surface area contributed by atoms with Gasteiger partial charge in [0, 0.05) is 30.9 Å². The molecule has 1 atom stereocenters. The van der Waals surface area contributed by atoms with Gasteiger partial charge < -0.3 is 14.5 Å². The number of pyridine rings is 1. The summed E-state index contributed by atoms with van der Waals surface area (Å²) in [4.78, 5) is 26.2. The van der Waals surface area contributed by atoms with Crippen LogP contribution < -0.4 is 5.43 Å². The highest BCUT2D eigenvalue weighted by Gasteiger charge is 2.22. The zero-order chi connectivity index (χ0) is 12.4. The standard InChI is InChI=1S/C12H15NO4/c1-16-7-3-4-8-9(5-7)13-10(6-11(8)14)12(15)17-2/h6-7H,3-5H2,1-2H3,(H,13,14). The molecule has 1 aliphatic carbocycles. The van der Waals surface area contributed by atoms with Gasteiger partial charge in [0.2, 0.25) is 0 Å². The number of ether oxygens (including phenoxy) is 2. The predicted octanol–water partition coefficient (Wildman–Crippen LogP) is 0.665. The Balaban J connectivity index is 2.42. The summed E-state index contributed by atoms with van der Waals surface area (Å²) in [7, 11) is 2.94. The van der Waals surface area contributed by atoms with Gasteiger partial charge in [0.05, 0.1) is 13.2 Å². The Hall–Kier alpha value is -1.62. The molecule has 0 bridgehead atoms. The summed E-state index contributed by atoms with van der Waals surface area (Å²) in [5.74, 6) is -0.524. The zero-order valence-corrected chi connectivity index (χ0v) is 9.91. The number of hydrogen-bond donors (Lipinski definition) is 1. The Morgan fingerprint density at radius 1 is 1.47 bits per heavy atom. The minimum Gasteiger partial charge on any atom is -0.464 e. The normalized spacial score (nSPS) is 18.6. The monoisotopic (exact) mass is 237 g/mol. The molecule has 5 heteroatoms. The molecule has 5 nitrogen and oxygen atoms in total. The van der Waals surface area contributed by atoms with Gasteiger partial charge in [-0.15, -0.1) is 0 Å². The predicted molar refractivity (Wildman–Crippen MR) is 61.2 cm³/mol. The smallest absolute Gasteiger partial charge is 0.354 e. The average Bonchev–Trinajstić information content (AvgIpc) is 2.36. The lowest BCUT2D eigenvalue weighted by atomic mass is 9.93.